The highest BCUT2D eigenvalue weighted by molar-refractivity contribution is 7.16. The second-order valence-corrected chi connectivity index (χ2v) is 8.80. The summed E-state index contributed by atoms with van der Waals surface area (Å²) in [6, 6.07) is 16.3. The number of nitrogens with two attached hydrogens (primary N) is 1. The first-order valence-electron chi connectivity index (χ1n) is 10.9. The van der Waals surface area contributed by atoms with Gasteiger partial charge in [-0.05, 0) is 25.1 Å². The summed E-state index contributed by atoms with van der Waals surface area (Å²) < 4.78 is 6.81. The number of para-hydroxylation sites is 1. The van der Waals surface area contributed by atoms with Crippen LogP contribution in [0.1, 0.15) is 24.4 Å². The Morgan fingerprint density at radius 1 is 1.11 bits per heavy atom. The van der Waals surface area contributed by atoms with E-state index in [0.29, 0.717) is 27.6 Å². The van der Waals surface area contributed by atoms with Gasteiger partial charge in [0.05, 0.1) is 40.8 Å². The summed E-state index contributed by atoms with van der Waals surface area (Å²) in [5, 5.41) is 13.6. The monoisotopic (exact) mass is 496 g/mol. The molecule has 1 unspecified atom stereocenters. The van der Waals surface area contributed by atoms with Crippen LogP contribution >= 0.6 is 11.3 Å². The van der Waals surface area contributed by atoms with Gasteiger partial charge in [0.2, 0.25) is 5.95 Å². The number of nitrogens with one attached hydrogen (secondary N) is 1. The highest BCUT2D eigenvalue weighted by atomic mass is 32.1. The van der Waals surface area contributed by atoms with Crippen LogP contribution in [-0.2, 0) is 0 Å². The van der Waals surface area contributed by atoms with Gasteiger partial charge in [0.15, 0.2) is 0 Å². The van der Waals surface area contributed by atoms with E-state index >= 15 is 0 Å². The first kappa shape index (κ1) is 22.9. The molecular weight excluding hydrogens is 476 g/mol. The highest BCUT2D eigenvalue weighted by Crippen LogP contribution is 2.34. The van der Waals surface area contributed by atoms with Crippen LogP contribution in [0.5, 0.6) is 5.19 Å². The number of hydrogen-bond acceptors (Lipinski definition) is 10. The van der Waals surface area contributed by atoms with Crippen LogP contribution in [0, 0.1) is 11.3 Å². The molecule has 0 amide bonds. The Bertz CT molecular complexity index is 1670. The fraction of sp³-hybridized carbons (Fsp3) is 0.120. The summed E-state index contributed by atoms with van der Waals surface area (Å²) >= 11 is 1.35. The molecule has 5 aromatic rings. The van der Waals surface area contributed by atoms with E-state index in [4.69, 9.17) is 15.5 Å². The zero-order valence-corrected chi connectivity index (χ0v) is 20.2. The molecule has 0 fully saturated rings. The van der Waals surface area contributed by atoms with Crippen molar-refractivity contribution in [1.29, 1.82) is 5.26 Å². The van der Waals surface area contributed by atoms with Crippen LogP contribution in [0.15, 0.2) is 65.7 Å². The van der Waals surface area contributed by atoms with Crippen molar-refractivity contribution < 1.29 is 4.74 Å². The number of benzene rings is 2. The Balaban J connectivity index is 1.73. The van der Waals surface area contributed by atoms with Gasteiger partial charge in [-0.1, -0.05) is 41.7 Å². The third-order valence-electron chi connectivity index (χ3n) is 5.53. The van der Waals surface area contributed by atoms with Gasteiger partial charge >= 0.3 is 0 Å². The molecule has 0 spiro atoms. The molecule has 3 N–H and O–H groups in total. The van der Waals surface area contributed by atoms with Gasteiger partial charge in [0.25, 0.3) is 10.8 Å². The van der Waals surface area contributed by atoms with Crippen LogP contribution in [0.2, 0.25) is 0 Å². The third-order valence-corrected chi connectivity index (χ3v) is 6.52. The molecular formula is C25H20N8O2S. The maximum absolute atomic E-state index is 14.1. The van der Waals surface area contributed by atoms with Crippen LogP contribution in [0.4, 0.5) is 11.8 Å². The first-order valence-corrected chi connectivity index (χ1v) is 11.7. The lowest BCUT2D eigenvalue weighted by molar-refractivity contribution is 0.412. The summed E-state index contributed by atoms with van der Waals surface area (Å²) in [5.74, 6) is 0.732. The molecule has 3 heterocycles. The van der Waals surface area contributed by atoms with Gasteiger partial charge < -0.3 is 15.8 Å². The van der Waals surface area contributed by atoms with Crippen LogP contribution in [0.3, 0.4) is 0 Å². The smallest absolute Gasteiger partial charge is 0.273 e. The molecule has 0 saturated carbocycles. The van der Waals surface area contributed by atoms with Crippen molar-refractivity contribution in [2.75, 3.05) is 18.2 Å². The van der Waals surface area contributed by atoms with Crippen molar-refractivity contribution >= 4 is 34.0 Å². The minimum absolute atomic E-state index is 0.0280. The van der Waals surface area contributed by atoms with Crippen LogP contribution in [-0.4, -0.2) is 31.6 Å². The zero-order valence-electron chi connectivity index (χ0n) is 19.3. The quantitative estimate of drug-likeness (QED) is 0.357. The molecule has 11 heteroatoms. The van der Waals surface area contributed by atoms with E-state index in [2.05, 4.69) is 26.3 Å². The largest absolute Gasteiger partial charge is 0.473 e. The molecule has 0 aliphatic heterocycles. The minimum Gasteiger partial charge on any atom is -0.473 e. The van der Waals surface area contributed by atoms with E-state index in [1.54, 1.807) is 23.9 Å². The molecule has 1 atom stereocenters. The summed E-state index contributed by atoms with van der Waals surface area (Å²) in [6.45, 7) is 1.84. The molecule has 2 aromatic carbocycles. The molecule has 0 bridgehead atoms. The average Bonchev–Trinajstić information content (AvgIpc) is 3.38. The number of rotatable bonds is 6. The first-order chi connectivity index (χ1) is 17.5. The summed E-state index contributed by atoms with van der Waals surface area (Å²) in [7, 11) is 1.55. The molecule has 0 aliphatic rings. The Labute approximate surface area is 209 Å². The molecule has 0 saturated heterocycles. The van der Waals surface area contributed by atoms with Crippen molar-refractivity contribution in [3.8, 4) is 27.4 Å². The molecule has 3 aromatic heterocycles. The number of hydrogen-bond donors (Lipinski definition) is 2. The molecule has 0 radical (unpaired) electrons. The summed E-state index contributed by atoms with van der Waals surface area (Å²) in [6.07, 6.45) is 3.04. The Morgan fingerprint density at radius 2 is 1.92 bits per heavy atom. The van der Waals surface area contributed by atoms with Crippen molar-refractivity contribution in [3.05, 3.63) is 82.7 Å². The molecule has 5 rings (SSSR count). The molecule has 178 valence electrons. The standard InChI is InChI=1S/C25H20N8O2S/c1-14(30-21-15(11-26)12-28-24(27)32-21)22-31-18-10-6-9-17(19-13-29-25(35-2)36-19)20(18)23(34)33(22)16-7-4-3-5-8-16/h3-10,12-14H,1-2H3,(H3,27,28,30,32). The van der Waals surface area contributed by atoms with E-state index in [9.17, 15) is 10.1 Å². The number of anilines is 2. The van der Waals surface area contributed by atoms with E-state index in [-0.39, 0.29) is 22.9 Å². The second-order valence-electron chi connectivity index (χ2n) is 7.81. The number of ether oxygens (including phenoxy) is 1. The normalized spacial score (nSPS) is 11.7. The Kier molecular flexibility index (Phi) is 6.02. The number of aromatic nitrogens is 5. The summed E-state index contributed by atoms with van der Waals surface area (Å²) in [4.78, 5) is 32.1. The molecule has 36 heavy (non-hydrogen) atoms. The molecule has 10 nitrogen and oxygen atoms in total. The van der Waals surface area contributed by atoms with Gasteiger partial charge in [-0.15, -0.1) is 0 Å². The molecule has 0 aliphatic carbocycles. The Morgan fingerprint density at radius 3 is 2.64 bits per heavy atom. The average molecular weight is 497 g/mol. The lowest BCUT2D eigenvalue weighted by Crippen LogP contribution is -2.28. The lowest BCUT2D eigenvalue weighted by atomic mass is 10.1. The predicted molar refractivity (Wildman–Crippen MR) is 138 cm³/mol. The second kappa shape index (κ2) is 9.44. The minimum atomic E-state index is -0.518. The van der Waals surface area contributed by atoms with E-state index < -0.39 is 6.04 Å². The van der Waals surface area contributed by atoms with E-state index in [1.165, 1.54) is 17.5 Å². The zero-order chi connectivity index (χ0) is 25.2. The van der Waals surface area contributed by atoms with Gasteiger partial charge in [-0.2, -0.15) is 10.2 Å². The number of nitrogen functional groups attached to an aromatic ring is 1. The SMILES string of the molecule is COc1ncc(-c2cccc3nc(C(C)Nc4nc(N)ncc4C#N)n(-c4ccccc4)c(=O)c23)s1. The van der Waals surface area contributed by atoms with Gasteiger partial charge in [0.1, 0.15) is 23.3 Å². The third kappa shape index (κ3) is 4.10. The van der Waals surface area contributed by atoms with Crippen LogP contribution in [0.25, 0.3) is 27.0 Å². The van der Waals surface area contributed by atoms with Crippen molar-refractivity contribution in [2.45, 2.75) is 13.0 Å². The van der Waals surface area contributed by atoms with Crippen molar-refractivity contribution in [2.24, 2.45) is 0 Å². The van der Waals surface area contributed by atoms with Gasteiger partial charge in [-0.3, -0.25) is 9.36 Å². The van der Waals surface area contributed by atoms with Crippen LogP contribution < -0.4 is 21.3 Å². The number of nitrogens with zero attached hydrogens (tertiary/aromatic N) is 6. The topological polar surface area (TPSA) is 145 Å². The maximum atomic E-state index is 14.1. The van der Waals surface area contributed by atoms with E-state index in [0.717, 1.165) is 10.4 Å². The number of nitriles is 1. The predicted octanol–water partition coefficient (Wildman–Crippen LogP) is 3.93. The number of methoxy groups -OCH3 is 1. The lowest BCUT2D eigenvalue weighted by Gasteiger charge is -2.21. The Hall–Kier alpha value is -4.82. The van der Waals surface area contributed by atoms with Gasteiger partial charge in [0, 0.05) is 11.8 Å². The number of thiazole rings is 1. The maximum Gasteiger partial charge on any atom is 0.273 e. The fourth-order valence-electron chi connectivity index (χ4n) is 3.90. The number of fused-ring (bicyclic) bond motifs is 1. The van der Waals surface area contributed by atoms with Gasteiger partial charge in [-0.25, -0.2) is 15.0 Å². The fourth-order valence-corrected chi connectivity index (χ4v) is 4.67. The van der Waals surface area contributed by atoms with Crippen molar-refractivity contribution in [3.63, 3.8) is 0 Å². The van der Waals surface area contributed by atoms with Crippen molar-refractivity contribution in [1.82, 2.24) is 24.5 Å². The van der Waals surface area contributed by atoms with E-state index in [1.807, 2.05) is 49.4 Å². The summed E-state index contributed by atoms with van der Waals surface area (Å²) in [5.41, 5.74) is 7.64. The highest BCUT2D eigenvalue weighted by Gasteiger charge is 2.22.